The fourth-order valence-electron chi connectivity index (χ4n) is 2.24. The minimum Gasteiger partial charge on any atom is -0.346 e. The molecule has 0 spiro atoms. The SMILES string of the molecule is CCCNC(CC)c1ccn(Cc2noc(CC)n2)c1. The lowest BCUT2D eigenvalue weighted by Crippen LogP contribution is -2.21. The monoisotopic (exact) mass is 276 g/mol. The highest BCUT2D eigenvalue weighted by molar-refractivity contribution is 5.16. The summed E-state index contributed by atoms with van der Waals surface area (Å²) in [6, 6.07) is 2.59. The van der Waals surface area contributed by atoms with Gasteiger partial charge in [0.2, 0.25) is 5.89 Å². The lowest BCUT2D eigenvalue weighted by atomic mass is 10.1. The summed E-state index contributed by atoms with van der Waals surface area (Å²) in [6.45, 7) is 8.11. The lowest BCUT2D eigenvalue weighted by Gasteiger charge is -2.14. The van der Waals surface area contributed by atoms with Crippen LogP contribution < -0.4 is 5.32 Å². The first-order valence-electron chi connectivity index (χ1n) is 7.47. The number of hydrogen-bond donors (Lipinski definition) is 1. The average molecular weight is 276 g/mol. The molecule has 0 aliphatic heterocycles. The molecule has 2 aromatic rings. The highest BCUT2D eigenvalue weighted by Crippen LogP contribution is 2.17. The van der Waals surface area contributed by atoms with E-state index in [2.05, 4.69) is 52.3 Å². The van der Waals surface area contributed by atoms with E-state index >= 15 is 0 Å². The van der Waals surface area contributed by atoms with Crippen LogP contribution in [0.5, 0.6) is 0 Å². The summed E-state index contributed by atoms with van der Waals surface area (Å²) in [5.74, 6) is 1.43. The first-order chi connectivity index (χ1) is 9.76. The second kappa shape index (κ2) is 7.24. The van der Waals surface area contributed by atoms with Gasteiger partial charge in [0, 0.05) is 24.9 Å². The van der Waals surface area contributed by atoms with Crippen molar-refractivity contribution >= 4 is 0 Å². The molecule has 20 heavy (non-hydrogen) atoms. The summed E-state index contributed by atoms with van der Waals surface area (Å²) in [5.41, 5.74) is 1.32. The van der Waals surface area contributed by atoms with Crippen LogP contribution in [0.25, 0.3) is 0 Å². The van der Waals surface area contributed by atoms with E-state index in [0.717, 1.165) is 31.6 Å². The molecule has 1 atom stereocenters. The number of aromatic nitrogens is 3. The fraction of sp³-hybridized carbons (Fsp3) is 0.600. The molecule has 0 saturated heterocycles. The van der Waals surface area contributed by atoms with Gasteiger partial charge < -0.3 is 14.4 Å². The summed E-state index contributed by atoms with van der Waals surface area (Å²) in [7, 11) is 0. The van der Waals surface area contributed by atoms with Crippen LogP contribution in [0.3, 0.4) is 0 Å². The van der Waals surface area contributed by atoms with Gasteiger partial charge in [-0.05, 0) is 31.0 Å². The maximum atomic E-state index is 5.13. The molecule has 110 valence electrons. The van der Waals surface area contributed by atoms with Gasteiger partial charge in [-0.15, -0.1) is 0 Å². The molecular weight excluding hydrogens is 252 g/mol. The van der Waals surface area contributed by atoms with Gasteiger partial charge in [0.05, 0.1) is 6.54 Å². The zero-order valence-corrected chi connectivity index (χ0v) is 12.6. The Morgan fingerprint density at radius 2 is 2.20 bits per heavy atom. The molecule has 0 radical (unpaired) electrons. The van der Waals surface area contributed by atoms with Crippen LogP contribution in [0.4, 0.5) is 0 Å². The lowest BCUT2D eigenvalue weighted by molar-refractivity contribution is 0.375. The predicted octanol–water partition coefficient (Wildman–Crippen LogP) is 2.93. The molecule has 1 unspecified atom stereocenters. The van der Waals surface area contributed by atoms with Gasteiger partial charge in [-0.2, -0.15) is 4.98 Å². The number of aryl methyl sites for hydroxylation is 1. The van der Waals surface area contributed by atoms with Crippen molar-refractivity contribution in [3.8, 4) is 0 Å². The largest absolute Gasteiger partial charge is 0.346 e. The van der Waals surface area contributed by atoms with E-state index in [1.54, 1.807) is 0 Å². The maximum absolute atomic E-state index is 5.13. The second-order valence-electron chi connectivity index (χ2n) is 4.99. The summed E-state index contributed by atoms with van der Waals surface area (Å²) in [5, 5.41) is 7.55. The van der Waals surface area contributed by atoms with Crippen LogP contribution in [0.2, 0.25) is 0 Å². The number of nitrogens with zero attached hydrogens (tertiary/aromatic N) is 3. The second-order valence-corrected chi connectivity index (χ2v) is 4.99. The zero-order valence-electron chi connectivity index (χ0n) is 12.6. The van der Waals surface area contributed by atoms with Crippen molar-refractivity contribution in [3.05, 3.63) is 35.7 Å². The van der Waals surface area contributed by atoms with E-state index in [9.17, 15) is 0 Å². The van der Waals surface area contributed by atoms with E-state index in [1.807, 2.05) is 6.92 Å². The first-order valence-corrected chi connectivity index (χ1v) is 7.47. The van der Waals surface area contributed by atoms with Crippen molar-refractivity contribution in [2.45, 2.75) is 52.6 Å². The molecule has 2 heterocycles. The van der Waals surface area contributed by atoms with Gasteiger partial charge in [0.1, 0.15) is 0 Å². The fourth-order valence-corrected chi connectivity index (χ4v) is 2.24. The molecule has 2 rings (SSSR count). The van der Waals surface area contributed by atoms with Crippen LogP contribution in [0.1, 0.15) is 56.9 Å². The molecule has 0 bridgehead atoms. The molecular formula is C15H24N4O. The van der Waals surface area contributed by atoms with E-state index in [-0.39, 0.29) is 0 Å². The number of rotatable bonds is 8. The Labute approximate surface area is 120 Å². The molecule has 0 aliphatic rings. The van der Waals surface area contributed by atoms with Gasteiger partial charge in [0.15, 0.2) is 5.82 Å². The third-order valence-electron chi connectivity index (χ3n) is 3.36. The van der Waals surface area contributed by atoms with Crippen LogP contribution in [-0.2, 0) is 13.0 Å². The Morgan fingerprint density at radius 1 is 1.35 bits per heavy atom. The molecule has 1 N–H and O–H groups in total. The summed E-state index contributed by atoms with van der Waals surface area (Å²) >= 11 is 0. The van der Waals surface area contributed by atoms with Gasteiger partial charge in [-0.25, -0.2) is 0 Å². The van der Waals surface area contributed by atoms with Gasteiger partial charge in [-0.3, -0.25) is 0 Å². The van der Waals surface area contributed by atoms with Gasteiger partial charge in [0.25, 0.3) is 0 Å². The molecule has 0 fully saturated rings. The Hall–Kier alpha value is -1.62. The van der Waals surface area contributed by atoms with Crippen LogP contribution in [-0.4, -0.2) is 21.3 Å². The zero-order chi connectivity index (χ0) is 14.4. The van der Waals surface area contributed by atoms with Crippen molar-refractivity contribution in [1.29, 1.82) is 0 Å². The minimum atomic E-state index is 0.424. The van der Waals surface area contributed by atoms with Crippen LogP contribution in [0, 0.1) is 0 Å². The standard InChI is InChI=1S/C15H24N4O/c1-4-8-16-13(5-2)12-7-9-19(10-12)11-14-17-15(6-3)20-18-14/h7,9-10,13,16H,4-6,8,11H2,1-3H3. The van der Waals surface area contributed by atoms with Crippen molar-refractivity contribution in [1.82, 2.24) is 20.0 Å². The third-order valence-corrected chi connectivity index (χ3v) is 3.36. The smallest absolute Gasteiger partial charge is 0.226 e. The first kappa shape index (κ1) is 14.8. The molecule has 0 amide bonds. The number of hydrogen-bond acceptors (Lipinski definition) is 4. The molecule has 5 nitrogen and oxygen atoms in total. The summed E-state index contributed by atoms with van der Waals surface area (Å²) < 4.78 is 7.23. The predicted molar refractivity (Wildman–Crippen MR) is 78.5 cm³/mol. The Balaban J connectivity index is 2.00. The topological polar surface area (TPSA) is 55.9 Å². The van der Waals surface area contributed by atoms with E-state index < -0.39 is 0 Å². The molecule has 0 aromatic carbocycles. The maximum Gasteiger partial charge on any atom is 0.226 e. The van der Waals surface area contributed by atoms with Crippen molar-refractivity contribution < 1.29 is 4.52 Å². The molecule has 0 saturated carbocycles. The Morgan fingerprint density at radius 3 is 2.85 bits per heavy atom. The average Bonchev–Trinajstić information content (AvgIpc) is 3.10. The minimum absolute atomic E-state index is 0.424. The van der Waals surface area contributed by atoms with E-state index in [0.29, 0.717) is 18.5 Å². The van der Waals surface area contributed by atoms with E-state index in [4.69, 9.17) is 4.52 Å². The number of nitrogens with one attached hydrogen (secondary N) is 1. The third kappa shape index (κ3) is 3.70. The highest BCUT2D eigenvalue weighted by Gasteiger charge is 2.11. The van der Waals surface area contributed by atoms with Gasteiger partial charge >= 0.3 is 0 Å². The van der Waals surface area contributed by atoms with Gasteiger partial charge in [-0.1, -0.05) is 25.9 Å². The Kier molecular flexibility index (Phi) is 5.35. The molecule has 5 heteroatoms. The molecule has 2 aromatic heterocycles. The van der Waals surface area contributed by atoms with E-state index in [1.165, 1.54) is 5.56 Å². The van der Waals surface area contributed by atoms with Crippen molar-refractivity contribution in [2.24, 2.45) is 0 Å². The normalized spacial score (nSPS) is 12.8. The molecule has 0 aliphatic carbocycles. The quantitative estimate of drug-likeness (QED) is 0.805. The summed E-state index contributed by atoms with van der Waals surface area (Å²) in [6.07, 6.45) is 7.27. The Bertz CT molecular complexity index is 517. The highest BCUT2D eigenvalue weighted by atomic mass is 16.5. The van der Waals surface area contributed by atoms with Crippen LogP contribution in [0.15, 0.2) is 23.0 Å². The van der Waals surface area contributed by atoms with Crippen molar-refractivity contribution in [2.75, 3.05) is 6.54 Å². The van der Waals surface area contributed by atoms with Crippen molar-refractivity contribution in [3.63, 3.8) is 0 Å². The van der Waals surface area contributed by atoms with Crippen LogP contribution >= 0.6 is 0 Å². The summed E-state index contributed by atoms with van der Waals surface area (Å²) in [4.78, 5) is 4.33.